The predicted molar refractivity (Wildman–Crippen MR) is 113 cm³/mol. The minimum absolute atomic E-state index is 0.909. The number of benzene rings is 1. The van der Waals surface area contributed by atoms with Gasteiger partial charge in [0.25, 0.3) is 0 Å². The molecule has 0 spiro atoms. The van der Waals surface area contributed by atoms with Crippen molar-refractivity contribution in [3.63, 3.8) is 0 Å². The van der Waals surface area contributed by atoms with Gasteiger partial charge in [-0.2, -0.15) is 0 Å². The number of hydrogen-bond donors (Lipinski definition) is 1. The van der Waals surface area contributed by atoms with Crippen LogP contribution < -0.4 is 0 Å². The van der Waals surface area contributed by atoms with Gasteiger partial charge < -0.3 is 4.98 Å². The van der Waals surface area contributed by atoms with Gasteiger partial charge in [-0.3, -0.25) is 0 Å². The van der Waals surface area contributed by atoms with E-state index in [2.05, 4.69) is 48.1 Å². The molecule has 1 N–H and O–H groups in total. The fourth-order valence-electron chi connectivity index (χ4n) is 3.49. The molecule has 1 heterocycles. The number of rotatable bonds is 14. The Labute approximate surface area is 160 Å². The van der Waals surface area contributed by atoms with Crippen molar-refractivity contribution >= 4 is 0 Å². The van der Waals surface area contributed by atoms with Crippen molar-refractivity contribution in [2.75, 3.05) is 0 Å². The van der Waals surface area contributed by atoms with Crippen molar-refractivity contribution in [3.8, 4) is 0 Å². The van der Waals surface area contributed by atoms with Crippen LogP contribution in [0.2, 0.25) is 0 Å². The molecule has 0 bridgehead atoms. The van der Waals surface area contributed by atoms with Crippen LogP contribution in [0.4, 0.5) is 0 Å². The van der Waals surface area contributed by atoms with E-state index < -0.39 is 0 Å². The van der Waals surface area contributed by atoms with Crippen LogP contribution in [-0.2, 0) is 19.3 Å². The summed E-state index contributed by atoms with van der Waals surface area (Å²) in [6, 6.07) is 9.12. The average molecular weight is 355 g/mol. The van der Waals surface area contributed by atoms with Crippen LogP contribution in [0.25, 0.3) is 0 Å². The van der Waals surface area contributed by atoms with E-state index >= 15 is 0 Å². The van der Waals surface area contributed by atoms with Crippen molar-refractivity contribution in [1.82, 2.24) is 9.97 Å². The van der Waals surface area contributed by atoms with Crippen LogP contribution in [-0.4, -0.2) is 9.97 Å². The molecule has 2 nitrogen and oxygen atoms in total. The second kappa shape index (κ2) is 12.7. The zero-order chi connectivity index (χ0) is 18.5. The highest BCUT2D eigenvalue weighted by Crippen LogP contribution is 2.13. The minimum Gasteiger partial charge on any atom is -0.346 e. The summed E-state index contributed by atoms with van der Waals surface area (Å²) in [6.07, 6.45) is 18.7. The summed E-state index contributed by atoms with van der Waals surface area (Å²) < 4.78 is 0. The van der Waals surface area contributed by atoms with Crippen LogP contribution in [0.5, 0.6) is 0 Å². The number of hydrogen-bond acceptors (Lipinski definition) is 1. The third-order valence-electron chi connectivity index (χ3n) is 5.19. The Bertz CT molecular complexity index is 583. The van der Waals surface area contributed by atoms with Crippen molar-refractivity contribution in [3.05, 3.63) is 53.1 Å². The van der Waals surface area contributed by atoms with Gasteiger partial charge in [0, 0.05) is 18.3 Å². The molecule has 0 fully saturated rings. The van der Waals surface area contributed by atoms with Gasteiger partial charge >= 0.3 is 0 Å². The number of aryl methyl sites for hydroxylation is 2. The summed E-state index contributed by atoms with van der Waals surface area (Å²) >= 11 is 0. The molecule has 0 aliphatic carbocycles. The van der Waals surface area contributed by atoms with Crippen LogP contribution >= 0.6 is 0 Å². The smallest absolute Gasteiger partial charge is 0.110 e. The Hall–Kier alpha value is -1.57. The van der Waals surface area contributed by atoms with Crippen molar-refractivity contribution in [2.24, 2.45) is 0 Å². The standard InChI is InChI=1S/C24H38N2/c1-3-5-7-9-10-12-14-23-20-25-24(26-23)19-22-17-15-21(16-18-22)13-11-8-6-4-2/h15-18,20H,3-14,19H2,1-2H3,(H,25,26). The zero-order valence-electron chi connectivity index (χ0n) is 17.0. The molecular weight excluding hydrogens is 316 g/mol. The predicted octanol–water partition coefficient (Wildman–Crippen LogP) is 7.03. The fourth-order valence-corrected chi connectivity index (χ4v) is 3.49. The first-order chi connectivity index (χ1) is 12.8. The maximum Gasteiger partial charge on any atom is 0.110 e. The Morgan fingerprint density at radius 3 is 2.00 bits per heavy atom. The van der Waals surface area contributed by atoms with Gasteiger partial charge in [-0.05, 0) is 36.8 Å². The SMILES string of the molecule is CCCCCCCCc1cnc(Cc2ccc(CCCCCC)cc2)[nH]1. The molecule has 0 amide bonds. The summed E-state index contributed by atoms with van der Waals surface area (Å²) in [7, 11) is 0. The summed E-state index contributed by atoms with van der Waals surface area (Å²) in [4.78, 5) is 8.09. The third-order valence-corrected chi connectivity index (χ3v) is 5.19. The van der Waals surface area contributed by atoms with Gasteiger partial charge in [0.15, 0.2) is 0 Å². The number of nitrogens with zero attached hydrogens (tertiary/aromatic N) is 1. The van der Waals surface area contributed by atoms with Crippen LogP contribution in [0.15, 0.2) is 30.5 Å². The second-order valence-electron chi connectivity index (χ2n) is 7.68. The van der Waals surface area contributed by atoms with Crippen LogP contribution in [0.3, 0.4) is 0 Å². The number of H-pyrrole nitrogens is 1. The molecule has 26 heavy (non-hydrogen) atoms. The summed E-state index contributed by atoms with van der Waals surface area (Å²) in [5.74, 6) is 1.10. The summed E-state index contributed by atoms with van der Waals surface area (Å²) in [5.41, 5.74) is 4.11. The summed E-state index contributed by atoms with van der Waals surface area (Å²) in [5, 5.41) is 0. The van der Waals surface area contributed by atoms with Crippen LogP contribution in [0.1, 0.15) is 101 Å². The number of unbranched alkanes of at least 4 members (excludes halogenated alkanes) is 8. The Balaban J connectivity index is 1.69. The second-order valence-corrected chi connectivity index (χ2v) is 7.68. The maximum atomic E-state index is 4.58. The lowest BCUT2D eigenvalue weighted by Crippen LogP contribution is -1.93. The number of aromatic nitrogens is 2. The fraction of sp³-hybridized carbons (Fsp3) is 0.625. The Morgan fingerprint density at radius 1 is 0.692 bits per heavy atom. The highest BCUT2D eigenvalue weighted by Gasteiger charge is 2.03. The van der Waals surface area contributed by atoms with E-state index in [0.717, 1.165) is 18.7 Å². The van der Waals surface area contributed by atoms with Gasteiger partial charge in [-0.25, -0.2) is 4.98 Å². The molecule has 0 atom stereocenters. The number of aromatic amines is 1. The molecular formula is C24H38N2. The first kappa shape index (κ1) is 20.7. The topological polar surface area (TPSA) is 28.7 Å². The monoisotopic (exact) mass is 354 g/mol. The van der Waals surface area contributed by atoms with E-state index in [9.17, 15) is 0 Å². The van der Waals surface area contributed by atoms with Gasteiger partial charge in [-0.1, -0.05) is 89.5 Å². The van der Waals surface area contributed by atoms with Crippen LogP contribution in [0, 0.1) is 0 Å². The first-order valence-electron chi connectivity index (χ1n) is 10.9. The third kappa shape index (κ3) is 8.21. The van der Waals surface area contributed by atoms with Gasteiger partial charge in [0.05, 0.1) is 0 Å². The first-order valence-corrected chi connectivity index (χ1v) is 10.9. The van der Waals surface area contributed by atoms with Gasteiger partial charge in [-0.15, -0.1) is 0 Å². The molecule has 1 aromatic heterocycles. The molecule has 0 unspecified atom stereocenters. The lowest BCUT2D eigenvalue weighted by molar-refractivity contribution is 0.605. The largest absolute Gasteiger partial charge is 0.346 e. The average Bonchev–Trinajstić information content (AvgIpc) is 3.10. The van der Waals surface area contributed by atoms with E-state index in [0.29, 0.717) is 0 Å². The maximum absolute atomic E-state index is 4.58. The molecule has 2 rings (SSSR count). The van der Waals surface area contributed by atoms with E-state index in [1.165, 1.54) is 87.4 Å². The van der Waals surface area contributed by atoms with E-state index in [-0.39, 0.29) is 0 Å². The van der Waals surface area contributed by atoms with E-state index in [4.69, 9.17) is 0 Å². The Kier molecular flexibility index (Phi) is 10.2. The molecule has 0 saturated heterocycles. The Morgan fingerprint density at radius 2 is 1.27 bits per heavy atom. The molecule has 0 saturated carbocycles. The number of nitrogens with one attached hydrogen (secondary N) is 1. The highest BCUT2D eigenvalue weighted by atomic mass is 14.9. The number of imidazole rings is 1. The molecule has 1 aromatic carbocycles. The zero-order valence-corrected chi connectivity index (χ0v) is 17.0. The molecule has 2 aromatic rings. The quantitative estimate of drug-likeness (QED) is 0.363. The molecule has 2 heteroatoms. The normalized spacial score (nSPS) is 11.2. The van der Waals surface area contributed by atoms with Gasteiger partial charge in [0.2, 0.25) is 0 Å². The van der Waals surface area contributed by atoms with Crippen molar-refractivity contribution < 1.29 is 0 Å². The minimum atomic E-state index is 0.909. The van der Waals surface area contributed by atoms with Crippen molar-refractivity contribution in [1.29, 1.82) is 0 Å². The highest BCUT2D eigenvalue weighted by molar-refractivity contribution is 5.25. The molecule has 0 radical (unpaired) electrons. The van der Waals surface area contributed by atoms with Gasteiger partial charge in [0.1, 0.15) is 5.82 Å². The van der Waals surface area contributed by atoms with E-state index in [1.807, 2.05) is 6.20 Å². The summed E-state index contributed by atoms with van der Waals surface area (Å²) in [6.45, 7) is 4.54. The molecule has 0 aliphatic rings. The molecule has 144 valence electrons. The lowest BCUT2D eigenvalue weighted by atomic mass is 10.0. The van der Waals surface area contributed by atoms with E-state index in [1.54, 1.807) is 0 Å². The molecule has 0 aliphatic heterocycles. The lowest BCUT2D eigenvalue weighted by Gasteiger charge is -2.04. The van der Waals surface area contributed by atoms with Crippen molar-refractivity contribution in [2.45, 2.75) is 97.3 Å².